The second-order valence-electron chi connectivity index (χ2n) is 5.76. The Balaban J connectivity index is 1.42. The fourth-order valence-electron chi connectivity index (χ4n) is 2.75. The number of aromatic carboxylic acids is 1. The molecule has 1 fully saturated rings. The quantitative estimate of drug-likeness (QED) is 0.853. The van der Waals surface area contributed by atoms with Crippen molar-refractivity contribution in [3.8, 4) is 0 Å². The van der Waals surface area contributed by atoms with E-state index in [0.717, 1.165) is 32.7 Å². The molecule has 2 aromatic heterocycles. The minimum absolute atomic E-state index is 0.00430. The average Bonchev–Trinajstić information content (AvgIpc) is 3.25. The van der Waals surface area contributed by atoms with Gasteiger partial charge in [0.05, 0.1) is 0 Å². The van der Waals surface area contributed by atoms with Gasteiger partial charge in [0.2, 0.25) is 5.91 Å². The van der Waals surface area contributed by atoms with Crippen molar-refractivity contribution in [3.05, 3.63) is 40.3 Å². The molecule has 3 rings (SSSR count). The van der Waals surface area contributed by atoms with Crippen molar-refractivity contribution in [1.82, 2.24) is 19.6 Å². The highest BCUT2D eigenvalue weighted by atomic mass is 32.1. The summed E-state index contributed by atoms with van der Waals surface area (Å²) in [7, 11) is 0. The summed E-state index contributed by atoms with van der Waals surface area (Å²) in [5.41, 5.74) is 0.00430. The van der Waals surface area contributed by atoms with Gasteiger partial charge in [-0.1, -0.05) is 6.07 Å². The third-order valence-electron chi connectivity index (χ3n) is 4.10. The number of carboxylic acids is 1. The van der Waals surface area contributed by atoms with Crippen molar-refractivity contribution in [2.45, 2.75) is 19.5 Å². The van der Waals surface area contributed by atoms with Gasteiger partial charge in [0, 0.05) is 56.8 Å². The lowest BCUT2D eigenvalue weighted by atomic mass is 10.2. The van der Waals surface area contributed by atoms with E-state index in [1.807, 2.05) is 4.90 Å². The molecular weight excluding hydrogens is 328 g/mol. The van der Waals surface area contributed by atoms with Gasteiger partial charge in [-0.3, -0.25) is 14.4 Å². The molecule has 0 radical (unpaired) electrons. The maximum atomic E-state index is 12.3. The number of aromatic nitrogens is 2. The van der Waals surface area contributed by atoms with Crippen LogP contribution in [-0.2, 0) is 17.9 Å². The molecule has 128 valence electrons. The van der Waals surface area contributed by atoms with E-state index in [4.69, 9.17) is 5.11 Å². The van der Waals surface area contributed by atoms with Crippen LogP contribution in [0.5, 0.6) is 0 Å². The Kier molecular flexibility index (Phi) is 5.27. The first-order valence-corrected chi connectivity index (χ1v) is 8.79. The number of carbonyl (C=O) groups is 2. The molecule has 1 aliphatic rings. The lowest BCUT2D eigenvalue weighted by Crippen LogP contribution is -2.48. The third-order valence-corrected chi connectivity index (χ3v) is 4.96. The largest absolute Gasteiger partial charge is 0.476 e. The highest BCUT2D eigenvalue weighted by Gasteiger charge is 2.21. The predicted octanol–water partition coefficient (Wildman–Crippen LogP) is 1.38. The summed E-state index contributed by atoms with van der Waals surface area (Å²) in [5, 5.41) is 14.8. The summed E-state index contributed by atoms with van der Waals surface area (Å²) < 4.78 is 1.51. The fraction of sp³-hybridized carbons (Fsp3) is 0.438. The summed E-state index contributed by atoms with van der Waals surface area (Å²) in [6.45, 7) is 4.60. The van der Waals surface area contributed by atoms with Crippen LogP contribution in [0.15, 0.2) is 29.8 Å². The van der Waals surface area contributed by atoms with Gasteiger partial charge in [0.15, 0.2) is 5.69 Å². The van der Waals surface area contributed by atoms with E-state index in [2.05, 4.69) is 27.5 Å². The summed E-state index contributed by atoms with van der Waals surface area (Å²) in [6.07, 6.45) is 1.93. The maximum Gasteiger partial charge on any atom is 0.356 e. The van der Waals surface area contributed by atoms with Gasteiger partial charge in [-0.15, -0.1) is 11.3 Å². The summed E-state index contributed by atoms with van der Waals surface area (Å²) in [5.74, 6) is -0.958. The Morgan fingerprint density at radius 3 is 2.62 bits per heavy atom. The lowest BCUT2D eigenvalue weighted by Gasteiger charge is -2.34. The molecule has 0 aliphatic carbocycles. The van der Waals surface area contributed by atoms with Gasteiger partial charge < -0.3 is 10.0 Å². The molecule has 0 saturated carbocycles. The highest BCUT2D eigenvalue weighted by molar-refractivity contribution is 7.09. The van der Waals surface area contributed by atoms with E-state index in [1.165, 1.54) is 15.6 Å². The minimum atomic E-state index is -1.05. The smallest absolute Gasteiger partial charge is 0.356 e. The Morgan fingerprint density at radius 2 is 2.00 bits per heavy atom. The first-order valence-electron chi connectivity index (χ1n) is 7.91. The SMILES string of the molecule is O=C(O)c1ccn(CCC(=O)N2CCN(Cc3cccs3)CC2)n1. The Morgan fingerprint density at radius 1 is 1.21 bits per heavy atom. The second kappa shape index (κ2) is 7.59. The maximum absolute atomic E-state index is 12.3. The molecular formula is C16H20N4O3S. The molecule has 0 aromatic carbocycles. The Labute approximate surface area is 144 Å². The standard InChI is InChI=1S/C16H20N4O3S/c21-15(4-6-20-5-3-14(17-20)16(22)23)19-9-7-18(8-10-19)12-13-2-1-11-24-13/h1-3,5,11H,4,6-10,12H2,(H,22,23). The van der Waals surface area contributed by atoms with Gasteiger partial charge in [-0.2, -0.15) is 5.10 Å². The van der Waals surface area contributed by atoms with Crippen LogP contribution < -0.4 is 0 Å². The number of carboxylic acid groups (broad SMARTS) is 1. The van der Waals surface area contributed by atoms with Crippen LogP contribution in [0.2, 0.25) is 0 Å². The zero-order valence-electron chi connectivity index (χ0n) is 13.3. The van der Waals surface area contributed by atoms with Gasteiger partial charge in [0.1, 0.15) is 0 Å². The van der Waals surface area contributed by atoms with Crippen molar-refractivity contribution < 1.29 is 14.7 Å². The van der Waals surface area contributed by atoms with E-state index < -0.39 is 5.97 Å². The van der Waals surface area contributed by atoms with Crippen LogP contribution >= 0.6 is 11.3 Å². The molecule has 7 nitrogen and oxygen atoms in total. The van der Waals surface area contributed by atoms with Gasteiger partial charge in [-0.25, -0.2) is 4.79 Å². The van der Waals surface area contributed by atoms with E-state index in [0.29, 0.717) is 13.0 Å². The van der Waals surface area contributed by atoms with E-state index >= 15 is 0 Å². The van der Waals surface area contributed by atoms with Crippen LogP contribution in [0.1, 0.15) is 21.8 Å². The van der Waals surface area contributed by atoms with E-state index in [9.17, 15) is 9.59 Å². The molecule has 1 aliphatic heterocycles. The second-order valence-corrected chi connectivity index (χ2v) is 6.79. The van der Waals surface area contributed by atoms with Gasteiger partial charge in [-0.05, 0) is 17.5 Å². The molecule has 1 N–H and O–H groups in total. The number of aryl methyl sites for hydroxylation is 1. The molecule has 8 heteroatoms. The predicted molar refractivity (Wildman–Crippen MR) is 90.0 cm³/mol. The number of hydrogen-bond acceptors (Lipinski definition) is 5. The van der Waals surface area contributed by atoms with Crippen molar-refractivity contribution in [2.24, 2.45) is 0 Å². The summed E-state index contributed by atoms with van der Waals surface area (Å²) in [6, 6.07) is 5.64. The number of rotatable bonds is 6. The number of piperazine rings is 1. The molecule has 0 spiro atoms. The zero-order valence-corrected chi connectivity index (χ0v) is 14.1. The topological polar surface area (TPSA) is 78.7 Å². The van der Waals surface area contributed by atoms with Crippen molar-refractivity contribution in [1.29, 1.82) is 0 Å². The Hall–Kier alpha value is -2.19. The molecule has 1 amide bonds. The first-order chi connectivity index (χ1) is 11.6. The van der Waals surface area contributed by atoms with Crippen molar-refractivity contribution >= 4 is 23.2 Å². The van der Waals surface area contributed by atoms with Gasteiger partial charge >= 0.3 is 5.97 Å². The van der Waals surface area contributed by atoms with E-state index in [1.54, 1.807) is 17.5 Å². The van der Waals surface area contributed by atoms with Crippen LogP contribution in [0.4, 0.5) is 0 Å². The van der Waals surface area contributed by atoms with Crippen LogP contribution in [0.25, 0.3) is 0 Å². The van der Waals surface area contributed by atoms with Crippen molar-refractivity contribution in [2.75, 3.05) is 26.2 Å². The van der Waals surface area contributed by atoms with Gasteiger partial charge in [0.25, 0.3) is 0 Å². The number of carbonyl (C=O) groups excluding carboxylic acids is 1. The van der Waals surface area contributed by atoms with Crippen LogP contribution in [-0.4, -0.2) is 62.7 Å². The minimum Gasteiger partial charge on any atom is -0.476 e. The monoisotopic (exact) mass is 348 g/mol. The molecule has 0 atom stereocenters. The van der Waals surface area contributed by atoms with Crippen molar-refractivity contribution in [3.63, 3.8) is 0 Å². The number of nitrogens with zero attached hydrogens (tertiary/aromatic N) is 4. The molecule has 1 saturated heterocycles. The zero-order chi connectivity index (χ0) is 16.9. The summed E-state index contributed by atoms with van der Waals surface area (Å²) >= 11 is 1.76. The number of thiophene rings is 1. The van der Waals surface area contributed by atoms with Crippen LogP contribution in [0, 0.1) is 0 Å². The lowest BCUT2D eigenvalue weighted by molar-refractivity contribution is -0.133. The average molecular weight is 348 g/mol. The number of hydrogen-bond donors (Lipinski definition) is 1. The molecule has 2 aromatic rings. The van der Waals surface area contributed by atoms with E-state index in [-0.39, 0.29) is 11.6 Å². The Bertz CT molecular complexity index is 690. The molecule has 0 unspecified atom stereocenters. The fourth-order valence-corrected chi connectivity index (χ4v) is 3.49. The molecule has 24 heavy (non-hydrogen) atoms. The first kappa shape index (κ1) is 16.7. The number of amides is 1. The normalized spacial score (nSPS) is 15.6. The van der Waals surface area contributed by atoms with Crippen LogP contribution in [0.3, 0.4) is 0 Å². The third kappa shape index (κ3) is 4.21. The highest BCUT2D eigenvalue weighted by Crippen LogP contribution is 2.14. The summed E-state index contributed by atoms with van der Waals surface area (Å²) in [4.78, 5) is 28.7. The molecule has 0 bridgehead atoms. The molecule has 3 heterocycles.